The molecule has 108 valence electrons. The molecular weight excluding hydrogens is 301 g/mol. The quantitative estimate of drug-likeness (QED) is 0.686. The van der Waals surface area contributed by atoms with Gasteiger partial charge in [-0.3, -0.25) is 9.20 Å². The van der Waals surface area contributed by atoms with E-state index in [1.54, 1.807) is 18.5 Å². The van der Waals surface area contributed by atoms with Gasteiger partial charge in [-0.1, -0.05) is 12.1 Å². The highest BCUT2D eigenvalue weighted by molar-refractivity contribution is 7.15. The van der Waals surface area contributed by atoms with E-state index in [9.17, 15) is 18.0 Å². The fraction of sp³-hybridized carbons (Fsp3) is 0.143. The number of fused-ring (bicyclic) bond motifs is 1. The van der Waals surface area contributed by atoms with E-state index >= 15 is 0 Å². The van der Waals surface area contributed by atoms with Gasteiger partial charge in [0.1, 0.15) is 0 Å². The van der Waals surface area contributed by atoms with Crippen LogP contribution in [0.15, 0.2) is 40.6 Å². The zero-order valence-electron chi connectivity index (χ0n) is 10.8. The molecule has 0 N–H and O–H groups in total. The summed E-state index contributed by atoms with van der Waals surface area (Å²) in [6, 6.07) is 4.73. The summed E-state index contributed by atoms with van der Waals surface area (Å²) in [4.78, 5) is 17.2. The lowest BCUT2D eigenvalue weighted by Crippen LogP contribution is -2.17. The van der Waals surface area contributed by atoms with E-state index in [0.29, 0.717) is 10.7 Å². The summed E-state index contributed by atoms with van der Waals surface area (Å²) in [5.74, 6) is 0. The van der Waals surface area contributed by atoms with Gasteiger partial charge < -0.3 is 0 Å². The smallest absolute Gasteiger partial charge is 0.268 e. The van der Waals surface area contributed by atoms with Crippen LogP contribution in [-0.4, -0.2) is 9.38 Å². The Morgan fingerprint density at radius 2 is 2.05 bits per heavy atom. The first-order chi connectivity index (χ1) is 9.88. The number of rotatable bonds is 1. The van der Waals surface area contributed by atoms with Gasteiger partial charge in [-0.15, -0.1) is 11.3 Å². The summed E-state index contributed by atoms with van der Waals surface area (Å²) in [5.41, 5.74) is -0.313. The molecule has 3 rings (SSSR count). The number of benzene rings is 1. The number of halogens is 3. The van der Waals surface area contributed by atoms with E-state index in [1.165, 1.54) is 27.9 Å². The Balaban J connectivity index is 2.28. The molecule has 2 heterocycles. The summed E-state index contributed by atoms with van der Waals surface area (Å²) in [6.07, 6.45) is -2.88. The number of aromatic nitrogens is 2. The Morgan fingerprint density at radius 3 is 2.76 bits per heavy atom. The van der Waals surface area contributed by atoms with Crippen LogP contribution in [0.2, 0.25) is 0 Å². The van der Waals surface area contributed by atoms with Crippen molar-refractivity contribution in [1.29, 1.82) is 0 Å². The summed E-state index contributed by atoms with van der Waals surface area (Å²) in [6.45, 7) is 1.62. The lowest BCUT2D eigenvalue weighted by molar-refractivity contribution is -0.137. The van der Waals surface area contributed by atoms with Gasteiger partial charge in [-0.2, -0.15) is 13.2 Å². The van der Waals surface area contributed by atoms with Gasteiger partial charge in [-0.05, 0) is 24.6 Å². The number of nitrogens with zero attached hydrogens (tertiary/aromatic N) is 2. The van der Waals surface area contributed by atoms with Crippen molar-refractivity contribution in [2.45, 2.75) is 13.1 Å². The third kappa shape index (κ3) is 2.33. The summed E-state index contributed by atoms with van der Waals surface area (Å²) in [7, 11) is 0. The van der Waals surface area contributed by atoms with E-state index in [-0.39, 0.29) is 16.7 Å². The van der Waals surface area contributed by atoms with Crippen LogP contribution in [-0.2, 0) is 6.18 Å². The topological polar surface area (TPSA) is 34.4 Å². The maximum Gasteiger partial charge on any atom is 0.416 e. The molecule has 0 amide bonds. The molecule has 0 atom stereocenters. The fourth-order valence-corrected chi connectivity index (χ4v) is 2.92. The molecule has 2 aromatic heterocycles. The number of aryl methyl sites for hydroxylation is 1. The van der Waals surface area contributed by atoms with Crippen molar-refractivity contribution in [3.8, 4) is 11.1 Å². The molecule has 0 saturated carbocycles. The molecule has 0 spiro atoms. The third-order valence-electron chi connectivity index (χ3n) is 3.13. The average molecular weight is 310 g/mol. The van der Waals surface area contributed by atoms with Crippen LogP contribution in [0.5, 0.6) is 0 Å². The van der Waals surface area contributed by atoms with E-state index in [2.05, 4.69) is 4.98 Å². The molecule has 0 radical (unpaired) electrons. The van der Waals surface area contributed by atoms with Crippen molar-refractivity contribution >= 4 is 16.3 Å². The molecule has 1 aromatic carbocycles. The van der Waals surface area contributed by atoms with Crippen molar-refractivity contribution in [3.63, 3.8) is 0 Å². The molecule has 7 heteroatoms. The van der Waals surface area contributed by atoms with E-state index in [4.69, 9.17) is 0 Å². The number of thiazole rings is 1. The largest absolute Gasteiger partial charge is 0.416 e. The second-order valence-corrected chi connectivity index (χ2v) is 5.38. The van der Waals surface area contributed by atoms with Gasteiger partial charge in [0.2, 0.25) is 0 Å². The fourth-order valence-electron chi connectivity index (χ4n) is 2.17. The number of hydrogen-bond acceptors (Lipinski definition) is 3. The minimum atomic E-state index is -4.44. The highest BCUT2D eigenvalue weighted by Crippen LogP contribution is 2.32. The second kappa shape index (κ2) is 4.70. The van der Waals surface area contributed by atoms with Crippen molar-refractivity contribution in [1.82, 2.24) is 9.38 Å². The Labute approximate surface area is 121 Å². The predicted octanol–water partition coefficient (Wildman–Crippen LogP) is 3.75. The maximum atomic E-state index is 12.8. The highest BCUT2D eigenvalue weighted by atomic mass is 32.1. The Kier molecular flexibility index (Phi) is 3.09. The zero-order valence-corrected chi connectivity index (χ0v) is 11.6. The molecule has 0 fully saturated rings. The van der Waals surface area contributed by atoms with Crippen LogP contribution >= 0.6 is 11.3 Å². The van der Waals surface area contributed by atoms with Gasteiger partial charge in [0.05, 0.1) is 16.8 Å². The minimum Gasteiger partial charge on any atom is -0.268 e. The first-order valence-corrected chi connectivity index (χ1v) is 6.90. The molecule has 0 saturated heterocycles. The van der Waals surface area contributed by atoms with E-state index in [1.807, 2.05) is 0 Å². The standard InChI is InChI=1S/C14H9F3N2OS/c1-8-11(12(20)19-5-6-21-13(19)18-8)9-3-2-4-10(7-9)14(15,16)17/h2-7H,1H3. The van der Waals surface area contributed by atoms with Crippen molar-refractivity contribution in [2.24, 2.45) is 0 Å². The van der Waals surface area contributed by atoms with Crippen LogP contribution in [0.1, 0.15) is 11.3 Å². The molecule has 21 heavy (non-hydrogen) atoms. The maximum absolute atomic E-state index is 12.8. The van der Waals surface area contributed by atoms with Gasteiger partial charge in [0.15, 0.2) is 4.96 Å². The minimum absolute atomic E-state index is 0.192. The highest BCUT2D eigenvalue weighted by Gasteiger charge is 2.30. The van der Waals surface area contributed by atoms with Gasteiger partial charge in [-0.25, -0.2) is 4.98 Å². The van der Waals surface area contributed by atoms with Crippen molar-refractivity contribution in [2.75, 3.05) is 0 Å². The Hall–Kier alpha value is -2.15. The van der Waals surface area contributed by atoms with Gasteiger partial charge in [0.25, 0.3) is 5.56 Å². The Morgan fingerprint density at radius 1 is 1.29 bits per heavy atom. The monoisotopic (exact) mass is 310 g/mol. The summed E-state index contributed by atoms with van der Waals surface area (Å²) in [5, 5.41) is 1.71. The third-order valence-corrected chi connectivity index (χ3v) is 3.88. The molecule has 0 aliphatic carbocycles. The molecule has 0 aliphatic heterocycles. The SMILES string of the molecule is Cc1nc2sccn2c(=O)c1-c1cccc(C(F)(F)F)c1. The van der Waals surface area contributed by atoms with Crippen molar-refractivity contribution < 1.29 is 13.2 Å². The number of alkyl halides is 3. The molecule has 3 nitrogen and oxygen atoms in total. The first kappa shape index (κ1) is 13.8. The summed E-state index contributed by atoms with van der Waals surface area (Å²) < 4.78 is 39.7. The van der Waals surface area contributed by atoms with Crippen LogP contribution in [0, 0.1) is 6.92 Å². The predicted molar refractivity (Wildman–Crippen MR) is 74.5 cm³/mol. The molecular formula is C14H9F3N2OS. The van der Waals surface area contributed by atoms with Crippen LogP contribution in [0.4, 0.5) is 13.2 Å². The lowest BCUT2D eigenvalue weighted by atomic mass is 10.0. The lowest BCUT2D eigenvalue weighted by Gasteiger charge is -2.10. The van der Waals surface area contributed by atoms with Gasteiger partial charge >= 0.3 is 6.18 Å². The van der Waals surface area contributed by atoms with Crippen LogP contribution < -0.4 is 5.56 Å². The average Bonchev–Trinajstić information content (AvgIpc) is 2.86. The van der Waals surface area contributed by atoms with Gasteiger partial charge in [0, 0.05) is 11.6 Å². The zero-order chi connectivity index (χ0) is 15.2. The summed E-state index contributed by atoms with van der Waals surface area (Å²) >= 11 is 1.30. The van der Waals surface area contributed by atoms with Crippen LogP contribution in [0.25, 0.3) is 16.1 Å². The normalized spacial score (nSPS) is 12.0. The first-order valence-electron chi connectivity index (χ1n) is 6.02. The van der Waals surface area contributed by atoms with Crippen molar-refractivity contribution in [3.05, 3.63) is 57.5 Å². The van der Waals surface area contributed by atoms with Crippen LogP contribution in [0.3, 0.4) is 0 Å². The molecule has 0 aliphatic rings. The molecule has 0 bridgehead atoms. The number of hydrogen-bond donors (Lipinski definition) is 0. The molecule has 0 unspecified atom stereocenters. The van der Waals surface area contributed by atoms with E-state index < -0.39 is 11.7 Å². The van der Waals surface area contributed by atoms with E-state index in [0.717, 1.165) is 12.1 Å². The second-order valence-electron chi connectivity index (χ2n) is 4.51. The molecule has 3 aromatic rings. The Bertz CT molecular complexity index is 880.